The van der Waals surface area contributed by atoms with Crippen molar-refractivity contribution in [1.29, 1.82) is 0 Å². The van der Waals surface area contributed by atoms with Crippen LogP contribution in [0.5, 0.6) is 0 Å². The van der Waals surface area contributed by atoms with E-state index in [1.807, 2.05) is 24.3 Å². The lowest BCUT2D eigenvalue weighted by atomic mass is 10.1. The van der Waals surface area contributed by atoms with Crippen molar-refractivity contribution in [2.24, 2.45) is 5.92 Å². The Morgan fingerprint density at radius 2 is 1.93 bits per heavy atom. The fourth-order valence-electron chi connectivity index (χ4n) is 3.91. The number of likely N-dealkylation sites (N-methyl/N-ethyl adjacent to an activating group) is 1. The van der Waals surface area contributed by atoms with Crippen molar-refractivity contribution in [3.63, 3.8) is 0 Å². The van der Waals surface area contributed by atoms with Crippen LogP contribution >= 0.6 is 0 Å². The normalized spacial score (nSPS) is 21.6. The van der Waals surface area contributed by atoms with E-state index in [1.54, 1.807) is 12.4 Å². The summed E-state index contributed by atoms with van der Waals surface area (Å²) in [6.07, 6.45) is 3.95. The Hall–Kier alpha value is -3.33. The number of hydrogen-bond donors (Lipinski definition) is 2. The third kappa shape index (κ3) is 3.63. The van der Waals surface area contributed by atoms with Gasteiger partial charge in [0.1, 0.15) is 0 Å². The summed E-state index contributed by atoms with van der Waals surface area (Å²) in [5, 5.41) is 12.6. The molecule has 2 aromatic heterocycles. The standard InChI is InChI=1S/C21H23N7O2/c1-27-7-9-28(10-8-27)21-25-18-17(22-5-6-23-18)19(26-21)24-14-4-2-3-13(11-14)15-12-16(15)20(29)30/h2-6,11,15-16H,7-10,12H2,1H3,(H,29,30)(H,23,24,25,26)/t15-,16-/m1/s1. The Morgan fingerprint density at radius 1 is 1.13 bits per heavy atom. The molecule has 154 valence electrons. The zero-order valence-corrected chi connectivity index (χ0v) is 16.7. The molecule has 9 heteroatoms. The van der Waals surface area contributed by atoms with Gasteiger partial charge < -0.3 is 20.2 Å². The van der Waals surface area contributed by atoms with E-state index in [0.717, 1.165) is 37.4 Å². The highest BCUT2D eigenvalue weighted by Crippen LogP contribution is 2.48. The molecule has 3 aromatic rings. The molecule has 0 spiro atoms. The van der Waals surface area contributed by atoms with Gasteiger partial charge in [0.2, 0.25) is 5.95 Å². The Bertz CT molecular complexity index is 1100. The van der Waals surface area contributed by atoms with Gasteiger partial charge in [-0.05, 0) is 37.1 Å². The molecule has 1 saturated carbocycles. The van der Waals surface area contributed by atoms with E-state index in [1.165, 1.54) is 0 Å². The summed E-state index contributed by atoms with van der Waals surface area (Å²) in [6.45, 7) is 3.63. The first-order chi connectivity index (χ1) is 14.6. The molecule has 9 nitrogen and oxygen atoms in total. The van der Waals surface area contributed by atoms with Gasteiger partial charge >= 0.3 is 5.97 Å². The van der Waals surface area contributed by atoms with Crippen LogP contribution in [0.1, 0.15) is 17.9 Å². The lowest BCUT2D eigenvalue weighted by molar-refractivity contribution is -0.138. The van der Waals surface area contributed by atoms with E-state index >= 15 is 0 Å². The molecule has 1 saturated heterocycles. The van der Waals surface area contributed by atoms with Crippen LogP contribution in [0.25, 0.3) is 11.2 Å². The number of carbonyl (C=O) groups is 1. The number of nitrogens with one attached hydrogen (secondary N) is 1. The van der Waals surface area contributed by atoms with E-state index in [4.69, 9.17) is 4.98 Å². The maximum atomic E-state index is 11.2. The van der Waals surface area contributed by atoms with Crippen molar-refractivity contribution < 1.29 is 9.90 Å². The van der Waals surface area contributed by atoms with Crippen LogP contribution in [0.3, 0.4) is 0 Å². The number of rotatable bonds is 5. The molecule has 3 heterocycles. The highest BCUT2D eigenvalue weighted by molar-refractivity contribution is 5.85. The number of fused-ring (bicyclic) bond motifs is 1. The second-order valence-corrected chi connectivity index (χ2v) is 7.93. The van der Waals surface area contributed by atoms with Crippen LogP contribution in [0.4, 0.5) is 17.5 Å². The summed E-state index contributed by atoms with van der Waals surface area (Å²) in [4.78, 5) is 33.9. The van der Waals surface area contributed by atoms with Crippen LogP contribution in [0.2, 0.25) is 0 Å². The zero-order valence-electron chi connectivity index (χ0n) is 16.7. The van der Waals surface area contributed by atoms with E-state index in [-0.39, 0.29) is 11.8 Å². The van der Waals surface area contributed by atoms with Gasteiger partial charge in [-0.3, -0.25) is 4.79 Å². The van der Waals surface area contributed by atoms with Crippen molar-refractivity contribution in [3.05, 3.63) is 42.2 Å². The number of aromatic nitrogens is 4. The summed E-state index contributed by atoms with van der Waals surface area (Å²) in [5.41, 5.74) is 3.03. The van der Waals surface area contributed by atoms with Crippen LogP contribution in [0.15, 0.2) is 36.7 Å². The number of benzene rings is 1. The molecule has 1 aliphatic carbocycles. The van der Waals surface area contributed by atoms with Crippen molar-refractivity contribution in [2.75, 3.05) is 43.4 Å². The molecule has 0 unspecified atom stereocenters. The molecule has 5 rings (SSSR count). The average molecular weight is 405 g/mol. The summed E-state index contributed by atoms with van der Waals surface area (Å²) in [7, 11) is 2.11. The third-order valence-electron chi connectivity index (χ3n) is 5.79. The second-order valence-electron chi connectivity index (χ2n) is 7.93. The fourth-order valence-corrected chi connectivity index (χ4v) is 3.91. The zero-order chi connectivity index (χ0) is 20.7. The minimum atomic E-state index is -0.729. The van der Waals surface area contributed by atoms with Gasteiger partial charge in [0.15, 0.2) is 17.0 Å². The van der Waals surface area contributed by atoms with Crippen molar-refractivity contribution in [3.8, 4) is 0 Å². The number of anilines is 3. The third-order valence-corrected chi connectivity index (χ3v) is 5.79. The summed E-state index contributed by atoms with van der Waals surface area (Å²) >= 11 is 0. The molecule has 1 aliphatic heterocycles. The van der Waals surface area contributed by atoms with Crippen LogP contribution < -0.4 is 10.2 Å². The first kappa shape index (κ1) is 18.7. The summed E-state index contributed by atoms with van der Waals surface area (Å²) < 4.78 is 0. The van der Waals surface area contributed by atoms with Crippen molar-refractivity contribution in [1.82, 2.24) is 24.8 Å². The molecule has 0 bridgehead atoms. The molecule has 2 N–H and O–H groups in total. The van der Waals surface area contributed by atoms with E-state index < -0.39 is 5.97 Å². The molecular weight excluding hydrogens is 382 g/mol. The monoisotopic (exact) mass is 405 g/mol. The highest BCUT2D eigenvalue weighted by Gasteiger charge is 2.44. The predicted octanol–water partition coefficient (Wildman–Crippen LogP) is 2.10. The Kier molecular flexibility index (Phi) is 4.66. The Balaban J connectivity index is 1.46. The SMILES string of the molecule is CN1CCN(c2nc(Nc3cccc([C@H]4C[C@H]4C(=O)O)c3)c3nccnc3n2)CC1. The molecule has 2 atom stereocenters. The number of hydrogen-bond acceptors (Lipinski definition) is 8. The molecular formula is C21H23N7O2. The van der Waals surface area contributed by atoms with Gasteiger partial charge in [-0.15, -0.1) is 0 Å². The molecule has 2 fully saturated rings. The minimum Gasteiger partial charge on any atom is -0.481 e. The molecule has 30 heavy (non-hydrogen) atoms. The summed E-state index contributed by atoms with van der Waals surface area (Å²) in [5.74, 6) is 0.307. The van der Waals surface area contributed by atoms with Crippen molar-refractivity contribution >= 4 is 34.6 Å². The number of aliphatic carboxylic acids is 1. The highest BCUT2D eigenvalue weighted by atomic mass is 16.4. The first-order valence-electron chi connectivity index (χ1n) is 10.1. The maximum absolute atomic E-state index is 11.2. The fraction of sp³-hybridized carbons (Fsp3) is 0.381. The quantitative estimate of drug-likeness (QED) is 0.660. The smallest absolute Gasteiger partial charge is 0.307 e. The number of nitrogens with zero attached hydrogens (tertiary/aromatic N) is 6. The number of piperazine rings is 1. The molecule has 0 amide bonds. The largest absolute Gasteiger partial charge is 0.481 e. The summed E-state index contributed by atoms with van der Waals surface area (Å²) in [6, 6.07) is 7.85. The van der Waals surface area contributed by atoms with E-state index in [9.17, 15) is 9.90 Å². The number of carboxylic acids is 1. The van der Waals surface area contributed by atoms with Gasteiger partial charge in [-0.2, -0.15) is 9.97 Å². The Labute approximate surface area is 173 Å². The van der Waals surface area contributed by atoms with Gasteiger partial charge in [0.25, 0.3) is 0 Å². The van der Waals surface area contributed by atoms with Crippen molar-refractivity contribution in [2.45, 2.75) is 12.3 Å². The van der Waals surface area contributed by atoms with E-state index in [2.05, 4.69) is 37.1 Å². The van der Waals surface area contributed by atoms with Crippen LogP contribution in [-0.2, 0) is 4.79 Å². The predicted molar refractivity (Wildman–Crippen MR) is 113 cm³/mol. The lowest BCUT2D eigenvalue weighted by Crippen LogP contribution is -2.45. The molecule has 0 radical (unpaired) electrons. The first-order valence-corrected chi connectivity index (χ1v) is 10.1. The van der Waals surface area contributed by atoms with Gasteiger partial charge in [-0.1, -0.05) is 12.1 Å². The second kappa shape index (κ2) is 7.49. The minimum absolute atomic E-state index is 0.0760. The average Bonchev–Trinajstić information content (AvgIpc) is 3.56. The van der Waals surface area contributed by atoms with Crippen LogP contribution in [0, 0.1) is 5.92 Å². The van der Waals surface area contributed by atoms with Crippen LogP contribution in [-0.4, -0.2) is 69.1 Å². The lowest BCUT2D eigenvalue weighted by Gasteiger charge is -2.32. The molecule has 2 aliphatic rings. The van der Waals surface area contributed by atoms with E-state index in [0.29, 0.717) is 29.4 Å². The Morgan fingerprint density at radius 3 is 2.70 bits per heavy atom. The topological polar surface area (TPSA) is 107 Å². The van der Waals surface area contributed by atoms with Gasteiger partial charge in [0.05, 0.1) is 5.92 Å². The molecule has 1 aromatic carbocycles. The van der Waals surface area contributed by atoms with Gasteiger partial charge in [-0.25, -0.2) is 9.97 Å². The van der Waals surface area contributed by atoms with Gasteiger partial charge in [0, 0.05) is 44.3 Å². The number of carboxylic acid groups (broad SMARTS) is 1. The maximum Gasteiger partial charge on any atom is 0.307 e.